The van der Waals surface area contributed by atoms with Gasteiger partial charge in [-0.3, -0.25) is 4.79 Å². The van der Waals surface area contributed by atoms with Crippen molar-refractivity contribution < 1.29 is 19.8 Å². The number of benzene rings is 1. The third kappa shape index (κ3) is 4.35. The van der Waals surface area contributed by atoms with E-state index in [0.717, 1.165) is 12.0 Å². The zero-order valence-corrected chi connectivity index (χ0v) is 11.7. The molecular formula is C15H21NO4. The van der Waals surface area contributed by atoms with Crippen LogP contribution in [0, 0.1) is 5.92 Å². The van der Waals surface area contributed by atoms with Gasteiger partial charge in [0, 0.05) is 0 Å². The first-order chi connectivity index (χ1) is 9.47. The van der Waals surface area contributed by atoms with E-state index in [1.54, 1.807) is 0 Å². The predicted octanol–water partition coefficient (Wildman–Crippen LogP) is 1.38. The molecule has 0 fully saturated rings. The van der Waals surface area contributed by atoms with Crippen LogP contribution >= 0.6 is 0 Å². The molecule has 0 radical (unpaired) electrons. The van der Waals surface area contributed by atoms with Gasteiger partial charge in [0.2, 0.25) is 5.91 Å². The van der Waals surface area contributed by atoms with Crippen LogP contribution in [0.15, 0.2) is 30.3 Å². The molecule has 0 bridgehead atoms. The monoisotopic (exact) mass is 279 g/mol. The van der Waals surface area contributed by atoms with E-state index in [2.05, 4.69) is 5.32 Å². The standard InChI is InChI=1S/C15H21NO4/c1-3-10(2)13(11-7-5-4-6-8-11)14(18)16-9-12(17)15(19)20/h4-8,10,12-13,17H,3,9H2,1-2H3,(H,16,18)(H,19,20)/t10?,12-,13?/m0/s1. The summed E-state index contributed by atoms with van der Waals surface area (Å²) in [6.07, 6.45) is -0.749. The SMILES string of the molecule is CCC(C)C(C(=O)NC[C@H](O)C(=O)O)c1ccccc1. The molecule has 3 atom stereocenters. The van der Waals surface area contributed by atoms with Crippen molar-refractivity contribution in [3.05, 3.63) is 35.9 Å². The van der Waals surface area contributed by atoms with E-state index in [1.807, 2.05) is 44.2 Å². The highest BCUT2D eigenvalue weighted by atomic mass is 16.4. The van der Waals surface area contributed by atoms with Gasteiger partial charge in [-0.2, -0.15) is 0 Å². The summed E-state index contributed by atoms with van der Waals surface area (Å²) in [6.45, 7) is 3.69. The van der Waals surface area contributed by atoms with Gasteiger partial charge in [0.25, 0.3) is 0 Å². The summed E-state index contributed by atoms with van der Waals surface area (Å²) in [7, 11) is 0. The highest BCUT2D eigenvalue weighted by molar-refractivity contribution is 5.84. The molecule has 0 aliphatic rings. The highest BCUT2D eigenvalue weighted by Gasteiger charge is 2.26. The lowest BCUT2D eigenvalue weighted by Crippen LogP contribution is -2.40. The van der Waals surface area contributed by atoms with Crippen LogP contribution in [-0.2, 0) is 9.59 Å². The Labute approximate surface area is 118 Å². The molecule has 1 amide bonds. The molecule has 1 aromatic carbocycles. The number of carbonyl (C=O) groups is 2. The second-order valence-corrected chi connectivity index (χ2v) is 4.87. The smallest absolute Gasteiger partial charge is 0.334 e. The molecule has 0 heterocycles. The zero-order valence-electron chi connectivity index (χ0n) is 11.7. The summed E-state index contributed by atoms with van der Waals surface area (Å²) in [5.74, 6) is -1.82. The molecule has 0 saturated carbocycles. The van der Waals surface area contributed by atoms with E-state index in [1.165, 1.54) is 0 Å². The van der Waals surface area contributed by atoms with Crippen LogP contribution in [0.25, 0.3) is 0 Å². The van der Waals surface area contributed by atoms with Gasteiger partial charge >= 0.3 is 5.97 Å². The first kappa shape index (κ1) is 16.2. The van der Waals surface area contributed by atoms with Crippen LogP contribution in [0.3, 0.4) is 0 Å². The Hall–Kier alpha value is -1.88. The average molecular weight is 279 g/mol. The highest BCUT2D eigenvalue weighted by Crippen LogP contribution is 2.27. The van der Waals surface area contributed by atoms with E-state index in [0.29, 0.717) is 0 Å². The number of rotatable bonds is 7. The van der Waals surface area contributed by atoms with Crippen LogP contribution in [0.2, 0.25) is 0 Å². The molecule has 5 nitrogen and oxygen atoms in total. The maximum atomic E-state index is 12.3. The van der Waals surface area contributed by atoms with E-state index in [-0.39, 0.29) is 24.3 Å². The second kappa shape index (κ2) is 7.65. The Bertz CT molecular complexity index is 446. The van der Waals surface area contributed by atoms with Crippen molar-refractivity contribution in [2.24, 2.45) is 5.92 Å². The van der Waals surface area contributed by atoms with Gasteiger partial charge in [-0.15, -0.1) is 0 Å². The molecule has 1 aromatic rings. The topological polar surface area (TPSA) is 86.6 Å². The van der Waals surface area contributed by atoms with Crippen LogP contribution in [0.5, 0.6) is 0 Å². The van der Waals surface area contributed by atoms with Gasteiger partial charge in [0.15, 0.2) is 6.10 Å². The average Bonchev–Trinajstić information content (AvgIpc) is 2.45. The molecule has 0 spiro atoms. The molecule has 2 unspecified atom stereocenters. The first-order valence-corrected chi connectivity index (χ1v) is 6.70. The van der Waals surface area contributed by atoms with Crippen molar-refractivity contribution >= 4 is 11.9 Å². The van der Waals surface area contributed by atoms with Gasteiger partial charge in [-0.05, 0) is 11.5 Å². The predicted molar refractivity (Wildman–Crippen MR) is 75.3 cm³/mol. The quantitative estimate of drug-likeness (QED) is 0.703. The molecule has 1 rings (SSSR count). The van der Waals surface area contributed by atoms with Crippen molar-refractivity contribution in [2.75, 3.05) is 6.54 Å². The zero-order chi connectivity index (χ0) is 15.1. The summed E-state index contributed by atoms with van der Waals surface area (Å²) >= 11 is 0. The van der Waals surface area contributed by atoms with Gasteiger partial charge in [0.1, 0.15) is 0 Å². The third-order valence-corrected chi connectivity index (χ3v) is 3.41. The number of carbonyl (C=O) groups excluding carboxylic acids is 1. The molecular weight excluding hydrogens is 258 g/mol. The minimum atomic E-state index is -1.58. The maximum Gasteiger partial charge on any atom is 0.334 e. The lowest BCUT2D eigenvalue weighted by molar-refractivity contribution is -0.146. The number of aliphatic hydroxyl groups excluding tert-OH is 1. The fourth-order valence-electron chi connectivity index (χ4n) is 2.03. The Kier molecular flexibility index (Phi) is 6.18. The second-order valence-electron chi connectivity index (χ2n) is 4.87. The molecule has 20 heavy (non-hydrogen) atoms. The van der Waals surface area contributed by atoms with E-state index < -0.39 is 12.1 Å². The third-order valence-electron chi connectivity index (χ3n) is 3.41. The number of hydrogen-bond donors (Lipinski definition) is 3. The number of nitrogens with one attached hydrogen (secondary N) is 1. The first-order valence-electron chi connectivity index (χ1n) is 6.70. The van der Waals surface area contributed by atoms with Crippen LogP contribution in [0.1, 0.15) is 31.7 Å². The Morgan fingerprint density at radius 1 is 1.25 bits per heavy atom. The van der Waals surface area contributed by atoms with Gasteiger partial charge in [0.05, 0.1) is 12.5 Å². The number of aliphatic carboxylic acids is 1. The number of hydrogen-bond acceptors (Lipinski definition) is 3. The van der Waals surface area contributed by atoms with Crippen molar-refractivity contribution in [3.8, 4) is 0 Å². The number of carboxylic acid groups (broad SMARTS) is 1. The Balaban J connectivity index is 2.79. The largest absolute Gasteiger partial charge is 0.479 e. The summed E-state index contributed by atoms with van der Waals surface area (Å²) < 4.78 is 0. The maximum absolute atomic E-state index is 12.3. The van der Waals surface area contributed by atoms with E-state index >= 15 is 0 Å². The molecule has 0 aliphatic carbocycles. The van der Waals surface area contributed by atoms with Crippen molar-refractivity contribution in [2.45, 2.75) is 32.3 Å². The molecule has 0 saturated heterocycles. The molecule has 3 N–H and O–H groups in total. The van der Waals surface area contributed by atoms with Gasteiger partial charge in [-0.25, -0.2) is 4.79 Å². The lowest BCUT2D eigenvalue weighted by Gasteiger charge is -2.23. The molecule has 0 aromatic heterocycles. The molecule has 110 valence electrons. The summed E-state index contributed by atoms with van der Waals surface area (Å²) in [5, 5.41) is 20.3. The minimum absolute atomic E-state index is 0.124. The minimum Gasteiger partial charge on any atom is -0.479 e. The Morgan fingerprint density at radius 3 is 2.35 bits per heavy atom. The van der Waals surface area contributed by atoms with Gasteiger partial charge < -0.3 is 15.5 Å². The van der Waals surface area contributed by atoms with E-state index in [9.17, 15) is 14.7 Å². The van der Waals surface area contributed by atoms with Gasteiger partial charge in [-0.1, -0.05) is 50.6 Å². The fraction of sp³-hybridized carbons (Fsp3) is 0.467. The van der Waals surface area contributed by atoms with Crippen molar-refractivity contribution in [1.82, 2.24) is 5.32 Å². The van der Waals surface area contributed by atoms with Crippen molar-refractivity contribution in [1.29, 1.82) is 0 Å². The summed E-state index contributed by atoms with van der Waals surface area (Å²) in [6, 6.07) is 9.37. The molecule has 0 aliphatic heterocycles. The van der Waals surface area contributed by atoms with Crippen LogP contribution < -0.4 is 5.32 Å². The number of aliphatic hydroxyl groups is 1. The van der Waals surface area contributed by atoms with E-state index in [4.69, 9.17) is 5.11 Å². The fourth-order valence-corrected chi connectivity index (χ4v) is 2.03. The Morgan fingerprint density at radius 2 is 1.85 bits per heavy atom. The number of carboxylic acids is 1. The normalized spacial score (nSPS) is 15.2. The summed E-state index contributed by atoms with van der Waals surface area (Å²) in [4.78, 5) is 22.8. The molecule has 5 heteroatoms. The summed E-state index contributed by atoms with van der Waals surface area (Å²) in [5.41, 5.74) is 0.893. The number of amides is 1. The lowest BCUT2D eigenvalue weighted by atomic mass is 9.85. The van der Waals surface area contributed by atoms with Crippen molar-refractivity contribution in [3.63, 3.8) is 0 Å². The van der Waals surface area contributed by atoms with Crippen LogP contribution in [0.4, 0.5) is 0 Å². The van der Waals surface area contributed by atoms with Crippen LogP contribution in [-0.4, -0.2) is 34.7 Å².